The van der Waals surface area contributed by atoms with E-state index >= 15 is 0 Å². The summed E-state index contributed by atoms with van der Waals surface area (Å²) >= 11 is 1.18. The maximum absolute atomic E-state index is 12.5. The molecule has 3 heterocycles. The normalized spacial score (nSPS) is 28.2. The Balaban J connectivity index is 1.17. The van der Waals surface area contributed by atoms with E-state index in [1.807, 2.05) is 0 Å². The summed E-state index contributed by atoms with van der Waals surface area (Å²) in [7, 11) is 1.71. The van der Waals surface area contributed by atoms with Crippen LogP contribution in [-0.2, 0) is 14.3 Å². The minimum absolute atomic E-state index is 0.0153. The van der Waals surface area contributed by atoms with Gasteiger partial charge in [0.2, 0.25) is 16.9 Å². The molecule has 0 radical (unpaired) electrons. The number of amides is 1. The second-order valence-corrected chi connectivity index (χ2v) is 8.37. The number of anilines is 2. The Labute approximate surface area is 166 Å². The number of carbonyl (C=O) groups excluding carboxylic acids is 1. The van der Waals surface area contributed by atoms with Crippen LogP contribution in [0.5, 0.6) is 10.8 Å². The van der Waals surface area contributed by atoms with Crippen LogP contribution < -0.4 is 15.0 Å². The van der Waals surface area contributed by atoms with Crippen molar-refractivity contribution in [3.05, 3.63) is 18.5 Å². The lowest BCUT2D eigenvalue weighted by atomic mass is 9.40. The largest absolute Gasteiger partial charge is 0.442 e. The van der Waals surface area contributed by atoms with Crippen molar-refractivity contribution in [1.82, 2.24) is 14.3 Å². The van der Waals surface area contributed by atoms with Crippen molar-refractivity contribution in [2.75, 3.05) is 43.6 Å². The predicted molar refractivity (Wildman–Crippen MR) is 102 cm³/mol. The van der Waals surface area contributed by atoms with Crippen LogP contribution in [0, 0.1) is 5.41 Å². The van der Waals surface area contributed by atoms with E-state index in [1.165, 1.54) is 11.5 Å². The molecule has 1 amide bonds. The van der Waals surface area contributed by atoms with E-state index in [9.17, 15) is 4.79 Å². The summed E-state index contributed by atoms with van der Waals surface area (Å²) in [6.07, 6.45) is 5.66. The molecule has 0 unspecified atom stereocenters. The van der Waals surface area contributed by atoms with E-state index in [4.69, 9.17) is 14.2 Å². The van der Waals surface area contributed by atoms with E-state index in [2.05, 4.69) is 24.6 Å². The molecule has 6 rings (SSSR count). The molecular formula is C18H21N5O4S. The highest BCUT2D eigenvalue weighted by Crippen LogP contribution is 2.69. The second kappa shape index (κ2) is 6.64. The van der Waals surface area contributed by atoms with E-state index in [1.54, 1.807) is 25.6 Å². The smallest absolute Gasteiger partial charge is 0.232 e. The number of aromatic nitrogens is 3. The van der Waals surface area contributed by atoms with Gasteiger partial charge in [-0.3, -0.25) is 4.79 Å². The minimum atomic E-state index is -0.274. The Hall–Kier alpha value is -2.30. The quantitative estimate of drug-likeness (QED) is 0.783. The first-order chi connectivity index (χ1) is 13.6. The summed E-state index contributed by atoms with van der Waals surface area (Å²) < 4.78 is 20.8. The lowest BCUT2D eigenvalue weighted by molar-refractivity contribution is -0.260. The average molecular weight is 403 g/mol. The third-order valence-electron chi connectivity index (χ3n) is 5.75. The fourth-order valence-corrected chi connectivity index (χ4v) is 4.76. The van der Waals surface area contributed by atoms with Crippen LogP contribution in [0.2, 0.25) is 0 Å². The third kappa shape index (κ3) is 3.01. The number of nitrogens with one attached hydrogen (secondary N) is 1. The molecule has 1 aliphatic heterocycles. The van der Waals surface area contributed by atoms with Gasteiger partial charge < -0.3 is 24.4 Å². The van der Waals surface area contributed by atoms with Gasteiger partial charge in [0.05, 0.1) is 36.6 Å². The number of ether oxygens (including phenoxy) is 3. The number of hydrogen-bond donors (Lipinski definition) is 1. The highest BCUT2D eigenvalue weighted by atomic mass is 32.1. The molecule has 9 nitrogen and oxygen atoms in total. The molecule has 4 aliphatic rings. The van der Waals surface area contributed by atoms with Crippen LogP contribution in [0.15, 0.2) is 18.5 Å². The van der Waals surface area contributed by atoms with Crippen LogP contribution >= 0.6 is 11.5 Å². The van der Waals surface area contributed by atoms with Gasteiger partial charge in [-0.1, -0.05) is 0 Å². The molecular weight excluding hydrogens is 382 g/mol. The third-order valence-corrected chi connectivity index (χ3v) is 6.42. The standard InChI is InChI=1S/C18H21N5O4S/c1-25-18-9-17(10-18,11-18)15(24)21-13-6-14(28-22-13)27-12-7-19-16(20-8-12)23-2-4-26-5-3-23/h6-8H,2-5,9-11H2,1H3,(H,21,22,24). The van der Waals surface area contributed by atoms with Gasteiger partial charge in [-0.25, -0.2) is 9.97 Å². The van der Waals surface area contributed by atoms with Gasteiger partial charge >= 0.3 is 0 Å². The first-order valence-electron chi connectivity index (χ1n) is 9.26. The van der Waals surface area contributed by atoms with Gasteiger partial charge in [0.1, 0.15) is 5.82 Å². The van der Waals surface area contributed by atoms with E-state index in [0.717, 1.165) is 32.4 Å². The summed E-state index contributed by atoms with van der Waals surface area (Å²) in [5.41, 5.74) is -0.328. The van der Waals surface area contributed by atoms with Gasteiger partial charge in [-0.15, -0.1) is 0 Å². The Morgan fingerprint density at radius 3 is 2.64 bits per heavy atom. The highest BCUT2D eigenvalue weighted by molar-refractivity contribution is 7.08. The maximum Gasteiger partial charge on any atom is 0.232 e. The number of carbonyl (C=O) groups is 1. The molecule has 28 heavy (non-hydrogen) atoms. The summed E-state index contributed by atoms with van der Waals surface area (Å²) in [5, 5.41) is 3.47. The first kappa shape index (κ1) is 17.8. The zero-order chi connectivity index (χ0) is 19.2. The van der Waals surface area contributed by atoms with E-state index in [-0.39, 0.29) is 16.9 Å². The Kier molecular flexibility index (Phi) is 4.22. The van der Waals surface area contributed by atoms with Crippen LogP contribution in [0.4, 0.5) is 11.8 Å². The number of hydrogen-bond acceptors (Lipinski definition) is 9. The van der Waals surface area contributed by atoms with Crippen molar-refractivity contribution in [1.29, 1.82) is 0 Å². The SMILES string of the molecule is COC12CC(C(=O)Nc3cc(Oc4cnc(N5CCOCC5)nc4)sn3)(C1)C2. The number of methoxy groups -OCH3 is 1. The van der Waals surface area contributed by atoms with E-state index < -0.39 is 0 Å². The monoisotopic (exact) mass is 403 g/mol. The van der Waals surface area contributed by atoms with Crippen molar-refractivity contribution in [2.45, 2.75) is 24.9 Å². The van der Waals surface area contributed by atoms with Gasteiger partial charge in [-0.05, 0) is 19.3 Å². The zero-order valence-electron chi connectivity index (χ0n) is 15.5. The van der Waals surface area contributed by atoms with Gasteiger partial charge in [0.25, 0.3) is 0 Å². The molecule has 148 valence electrons. The molecule has 0 atom stereocenters. The number of morpholine rings is 1. The average Bonchev–Trinajstić information content (AvgIpc) is 3.08. The van der Waals surface area contributed by atoms with Crippen LogP contribution in [0.3, 0.4) is 0 Å². The fourth-order valence-electron chi connectivity index (χ4n) is 4.17. The molecule has 3 aliphatic carbocycles. The van der Waals surface area contributed by atoms with Crippen LogP contribution in [0.25, 0.3) is 0 Å². The number of rotatable bonds is 6. The summed E-state index contributed by atoms with van der Waals surface area (Å²) in [4.78, 5) is 23.3. The van der Waals surface area contributed by atoms with E-state index in [0.29, 0.717) is 35.8 Å². The Morgan fingerprint density at radius 1 is 1.25 bits per heavy atom. The minimum Gasteiger partial charge on any atom is -0.442 e. The molecule has 2 aromatic rings. The fraction of sp³-hybridized carbons (Fsp3) is 0.556. The van der Waals surface area contributed by atoms with Crippen molar-refractivity contribution in [3.8, 4) is 10.8 Å². The molecule has 2 bridgehead atoms. The number of nitrogens with zero attached hydrogens (tertiary/aromatic N) is 4. The molecule has 2 aromatic heterocycles. The zero-order valence-corrected chi connectivity index (χ0v) is 16.3. The maximum atomic E-state index is 12.5. The highest BCUT2D eigenvalue weighted by Gasteiger charge is 2.72. The summed E-state index contributed by atoms with van der Waals surface area (Å²) in [6.45, 7) is 2.94. The molecule has 10 heteroatoms. The van der Waals surface area contributed by atoms with Gasteiger partial charge in [0.15, 0.2) is 5.75 Å². The van der Waals surface area contributed by atoms with Crippen molar-refractivity contribution < 1.29 is 19.0 Å². The predicted octanol–water partition coefficient (Wildman–Crippen LogP) is 2.07. The van der Waals surface area contributed by atoms with Gasteiger partial charge in [0, 0.05) is 37.8 Å². The Bertz CT molecular complexity index is 861. The summed E-state index contributed by atoms with van der Waals surface area (Å²) in [6, 6.07) is 1.72. The summed E-state index contributed by atoms with van der Waals surface area (Å²) in [5.74, 6) is 1.72. The Morgan fingerprint density at radius 2 is 1.96 bits per heavy atom. The first-order valence-corrected chi connectivity index (χ1v) is 10.0. The molecule has 4 fully saturated rings. The van der Waals surface area contributed by atoms with Gasteiger partial charge in [-0.2, -0.15) is 4.37 Å². The second-order valence-electron chi connectivity index (χ2n) is 7.60. The lowest BCUT2D eigenvalue weighted by Gasteiger charge is -2.67. The van der Waals surface area contributed by atoms with Crippen molar-refractivity contribution >= 4 is 29.2 Å². The van der Waals surface area contributed by atoms with Crippen molar-refractivity contribution in [2.24, 2.45) is 5.41 Å². The molecule has 1 N–H and O–H groups in total. The lowest BCUT2D eigenvalue weighted by Crippen LogP contribution is -2.72. The molecule has 3 saturated carbocycles. The molecule has 0 spiro atoms. The topological polar surface area (TPSA) is 98.7 Å². The van der Waals surface area contributed by atoms with Crippen molar-refractivity contribution in [3.63, 3.8) is 0 Å². The van der Waals surface area contributed by atoms with Crippen LogP contribution in [-0.4, -0.2) is 59.3 Å². The molecule has 1 saturated heterocycles. The molecule has 0 aromatic carbocycles. The van der Waals surface area contributed by atoms with Crippen LogP contribution in [0.1, 0.15) is 19.3 Å².